The zero-order valence-corrected chi connectivity index (χ0v) is 17.8. The van der Waals surface area contributed by atoms with Crippen molar-refractivity contribution in [2.45, 2.75) is 64.6 Å². The van der Waals surface area contributed by atoms with E-state index in [-0.39, 0.29) is 12.6 Å². The summed E-state index contributed by atoms with van der Waals surface area (Å²) >= 11 is 0. The van der Waals surface area contributed by atoms with Gasteiger partial charge in [0.2, 0.25) is 8.32 Å². The molecule has 0 rings (SSSR count). The zero-order valence-electron chi connectivity index (χ0n) is 15.8. The Hall–Kier alpha value is -0.476. The molecule has 0 radical (unpaired) electrons. The molecule has 0 saturated heterocycles. The van der Waals surface area contributed by atoms with Crippen LogP contribution in [0.1, 0.15) is 27.2 Å². The van der Waals surface area contributed by atoms with Crippen molar-refractivity contribution in [1.29, 1.82) is 0 Å². The molecule has 1 N–H and O–H groups in total. The van der Waals surface area contributed by atoms with E-state index in [0.29, 0.717) is 18.8 Å². The van der Waals surface area contributed by atoms with Crippen LogP contribution in [0.5, 0.6) is 0 Å². The predicted octanol–water partition coefficient (Wildman–Crippen LogP) is 3.25. The summed E-state index contributed by atoms with van der Waals surface area (Å²) in [5.74, 6) is -0.381. The maximum Gasteiger partial charge on any atom is 0.333 e. The lowest BCUT2D eigenvalue weighted by atomic mass is 10.4. The first-order chi connectivity index (χ1) is 10.3. The van der Waals surface area contributed by atoms with E-state index in [2.05, 4.69) is 19.7 Å². The van der Waals surface area contributed by atoms with Gasteiger partial charge in [-0.25, -0.2) is 4.79 Å². The lowest BCUT2D eigenvalue weighted by molar-refractivity contribution is -0.140. The van der Waals surface area contributed by atoms with Crippen LogP contribution in [0.25, 0.3) is 0 Å². The molecule has 0 aliphatic heterocycles. The molecule has 0 aliphatic carbocycles. The van der Waals surface area contributed by atoms with Gasteiger partial charge in [-0.2, -0.15) is 0 Å². The summed E-state index contributed by atoms with van der Waals surface area (Å²) in [4.78, 5) is 21.5. The Bertz CT molecular complexity index is 400. The van der Waals surface area contributed by atoms with E-state index < -0.39 is 21.9 Å². The van der Waals surface area contributed by atoms with Gasteiger partial charge >= 0.3 is 5.97 Å². The number of carbonyl (C=O) groups excluding carboxylic acids is 1. The lowest BCUT2D eigenvalue weighted by Gasteiger charge is -2.41. The molecule has 23 heavy (non-hydrogen) atoms. The maximum atomic E-state index is 11.2. The van der Waals surface area contributed by atoms with Crippen LogP contribution >= 0.6 is 0 Å². The van der Waals surface area contributed by atoms with Crippen molar-refractivity contribution in [3.8, 4) is 0 Å². The summed E-state index contributed by atoms with van der Waals surface area (Å²) < 4.78 is 16.7. The molecular weight excluding hydrogens is 328 g/mol. The predicted molar refractivity (Wildman–Crippen MR) is 98.4 cm³/mol. The number of carbonyl (C=O) groups is 1. The highest BCUT2D eigenvalue weighted by molar-refractivity contribution is 6.76. The van der Waals surface area contributed by atoms with Crippen LogP contribution in [-0.4, -0.2) is 52.4 Å². The largest absolute Gasteiger partial charge is 0.460 e. The van der Waals surface area contributed by atoms with Crippen molar-refractivity contribution in [1.82, 2.24) is 0 Å². The third-order valence-electron chi connectivity index (χ3n) is 3.88. The summed E-state index contributed by atoms with van der Waals surface area (Å²) in [6, 6.07) is 0.965. The van der Waals surface area contributed by atoms with Crippen LogP contribution in [0.4, 0.5) is 0 Å². The van der Waals surface area contributed by atoms with Gasteiger partial charge in [-0.05, 0) is 59.4 Å². The van der Waals surface area contributed by atoms with Crippen molar-refractivity contribution < 1.29 is 23.5 Å². The summed E-state index contributed by atoms with van der Waals surface area (Å²) in [6.07, 6.45) is 0.900. The van der Waals surface area contributed by atoms with E-state index in [1.54, 1.807) is 6.92 Å². The quantitative estimate of drug-likeness (QED) is 0.264. The molecule has 0 spiro atoms. The van der Waals surface area contributed by atoms with E-state index in [9.17, 15) is 9.59 Å². The molecular formula is C16H34O5Si2. The van der Waals surface area contributed by atoms with Gasteiger partial charge in [0.15, 0.2) is 8.32 Å². The molecule has 0 fully saturated rings. The van der Waals surface area contributed by atoms with Gasteiger partial charge in [-0.1, -0.05) is 6.58 Å². The Kier molecular flexibility index (Phi) is 8.93. The molecule has 0 heterocycles. The monoisotopic (exact) mass is 362 g/mol. The Labute approximate surface area is 143 Å². The average molecular weight is 363 g/mol. The van der Waals surface area contributed by atoms with Gasteiger partial charge in [-0.15, -0.1) is 0 Å². The number of ether oxygens (including phenoxy) is 2. The fourth-order valence-electron chi connectivity index (χ4n) is 1.89. The van der Waals surface area contributed by atoms with Crippen LogP contribution in [0, 0.1) is 0 Å². The average Bonchev–Trinajstić information content (AvgIpc) is 2.34. The maximum absolute atomic E-state index is 11.2. The molecule has 0 saturated carbocycles. The van der Waals surface area contributed by atoms with Gasteiger partial charge in [0.1, 0.15) is 6.61 Å². The molecule has 0 aliphatic rings. The highest BCUT2D eigenvalue weighted by Gasteiger charge is 2.43. The van der Waals surface area contributed by atoms with Crippen molar-refractivity contribution >= 4 is 22.6 Å². The number of esters is 1. The molecule has 0 aromatic carbocycles. The summed E-state index contributed by atoms with van der Waals surface area (Å²) in [7, 11) is -4.21. The second kappa shape index (κ2) is 9.12. The van der Waals surface area contributed by atoms with E-state index in [0.717, 1.165) is 12.5 Å². The fraction of sp³-hybridized carbons (Fsp3) is 0.812. The molecule has 7 heteroatoms. The molecule has 0 aromatic heterocycles. The number of hydrogen-bond acceptors (Lipinski definition) is 5. The summed E-state index contributed by atoms with van der Waals surface area (Å²) in [5.41, 5.74) is 0.396. The summed E-state index contributed by atoms with van der Waals surface area (Å²) in [6.45, 7) is 18.5. The minimum absolute atomic E-state index is 0.250. The summed E-state index contributed by atoms with van der Waals surface area (Å²) in [5, 5.41) is -0.444. The Morgan fingerprint density at radius 2 is 1.70 bits per heavy atom. The molecule has 0 bridgehead atoms. The van der Waals surface area contributed by atoms with Gasteiger partial charge in [0.25, 0.3) is 0 Å². The van der Waals surface area contributed by atoms with Crippen LogP contribution in [0.2, 0.25) is 32.2 Å². The van der Waals surface area contributed by atoms with Crippen molar-refractivity contribution in [2.75, 3.05) is 19.8 Å². The SMILES string of the molecule is C=C(C)C(=O)OCCOCCC[Si](C)(C)OC(C)(C)[Si](C)(C)O. The van der Waals surface area contributed by atoms with Gasteiger partial charge in [0, 0.05) is 12.2 Å². The molecule has 5 nitrogen and oxygen atoms in total. The Morgan fingerprint density at radius 1 is 1.13 bits per heavy atom. The first kappa shape index (κ1) is 22.5. The topological polar surface area (TPSA) is 65.0 Å². The van der Waals surface area contributed by atoms with Crippen molar-refractivity contribution in [2.24, 2.45) is 0 Å². The normalized spacial score (nSPS) is 13.0. The van der Waals surface area contributed by atoms with Crippen LogP contribution in [0.15, 0.2) is 12.2 Å². The van der Waals surface area contributed by atoms with Crippen LogP contribution < -0.4 is 0 Å². The van der Waals surface area contributed by atoms with Gasteiger partial charge in [0.05, 0.1) is 11.8 Å². The van der Waals surface area contributed by atoms with Crippen LogP contribution in [0.3, 0.4) is 0 Å². The molecule has 0 atom stereocenters. The van der Waals surface area contributed by atoms with Crippen LogP contribution in [-0.2, 0) is 18.7 Å². The first-order valence-electron chi connectivity index (χ1n) is 8.11. The molecule has 136 valence electrons. The van der Waals surface area contributed by atoms with Gasteiger partial charge < -0.3 is 18.7 Å². The first-order valence-corrected chi connectivity index (χ1v) is 14.2. The smallest absolute Gasteiger partial charge is 0.333 e. The third-order valence-corrected chi connectivity index (χ3v) is 9.76. The second-order valence-electron chi connectivity index (χ2n) is 7.56. The highest BCUT2D eigenvalue weighted by Crippen LogP contribution is 2.28. The Balaban J connectivity index is 3.95. The minimum atomic E-state index is -2.35. The van der Waals surface area contributed by atoms with E-state index >= 15 is 0 Å². The fourth-order valence-corrected chi connectivity index (χ4v) is 6.19. The van der Waals surface area contributed by atoms with Crippen molar-refractivity contribution in [3.63, 3.8) is 0 Å². The van der Waals surface area contributed by atoms with E-state index in [1.807, 2.05) is 26.9 Å². The third kappa shape index (κ3) is 9.41. The molecule has 0 aromatic rings. The second-order valence-corrected chi connectivity index (χ2v) is 16.1. The zero-order chi connectivity index (χ0) is 18.3. The molecule has 0 unspecified atom stereocenters. The lowest BCUT2D eigenvalue weighted by Crippen LogP contribution is -2.57. The minimum Gasteiger partial charge on any atom is -0.460 e. The highest BCUT2D eigenvalue weighted by atomic mass is 28.4. The number of hydrogen-bond donors (Lipinski definition) is 1. The molecule has 0 amide bonds. The number of rotatable bonds is 11. The van der Waals surface area contributed by atoms with E-state index in [4.69, 9.17) is 13.9 Å². The van der Waals surface area contributed by atoms with Gasteiger partial charge in [-0.3, -0.25) is 0 Å². The Morgan fingerprint density at radius 3 is 2.17 bits per heavy atom. The van der Waals surface area contributed by atoms with E-state index in [1.165, 1.54) is 0 Å². The standard InChI is InChI=1S/C16H34O5Si2/c1-14(2)15(17)20-12-11-19-10-9-13-22(5,6)21-16(3,4)23(7,8)18/h18H,1,9-13H2,2-8H3. The van der Waals surface area contributed by atoms with Crippen molar-refractivity contribution in [3.05, 3.63) is 12.2 Å².